The average Bonchev–Trinajstić information content (AvgIpc) is 2.78. The number of aromatic nitrogens is 3. The number of aryl methyl sites for hydroxylation is 1. The Bertz CT molecular complexity index is 1100. The van der Waals surface area contributed by atoms with Gasteiger partial charge in [-0.3, -0.25) is 14.6 Å². The van der Waals surface area contributed by atoms with Gasteiger partial charge in [-0.2, -0.15) is 15.0 Å². The molecule has 0 unspecified atom stereocenters. The van der Waals surface area contributed by atoms with Crippen LogP contribution < -0.4 is 16.4 Å². The molecule has 1 aromatic heterocycles. The molecule has 1 saturated heterocycles. The number of amides is 1. The minimum absolute atomic E-state index is 0.0754. The number of nitrogens with two attached hydrogens (primary N) is 1. The first-order valence-electron chi connectivity index (χ1n) is 10.8. The van der Waals surface area contributed by atoms with Crippen LogP contribution in [0.2, 0.25) is 5.02 Å². The number of benzene rings is 2. The smallest absolute Gasteiger partial charge is 0.238 e. The lowest BCUT2D eigenvalue weighted by Crippen LogP contribution is -2.48. The zero-order valence-electron chi connectivity index (χ0n) is 18.5. The lowest BCUT2D eigenvalue weighted by molar-refractivity contribution is -0.117. The number of nitrogens with one attached hydrogen (secondary N) is 2. The Morgan fingerprint density at radius 1 is 1.00 bits per heavy atom. The quantitative estimate of drug-likeness (QED) is 0.487. The van der Waals surface area contributed by atoms with Gasteiger partial charge >= 0.3 is 0 Å². The zero-order valence-corrected chi connectivity index (χ0v) is 19.2. The number of carbonyl (C=O) groups excluding carboxylic acids is 1. The number of rotatable bonds is 7. The van der Waals surface area contributed by atoms with Crippen LogP contribution in [0.15, 0.2) is 48.5 Å². The molecule has 4 N–H and O–H groups in total. The van der Waals surface area contributed by atoms with Gasteiger partial charge in [-0.05, 0) is 31.2 Å². The van der Waals surface area contributed by atoms with Crippen molar-refractivity contribution in [3.8, 4) is 0 Å². The SMILES string of the molecule is Cc1ccc(Nc2nc(N)nc(CN3CCN(CC(=O)Nc4ccccc4Cl)CC3)n2)cc1. The van der Waals surface area contributed by atoms with Crippen molar-refractivity contribution in [3.05, 3.63) is 64.9 Å². The fourth-order valence-corrected chi connectivity index (χ4v) is 3.77. The second-order valence-corrected chi connectivity index (χ2v) is 8.41. The van der Waals surface area contributed by atoms with Crippen molar-refractivity contribution < 1.29 is 4.79 Å². The summed E-state index contributed by atoms with van der Waals surface area (Å²) in [6.07, 6.45) is 0. The van der Waals surface area contributed by atoms with E-state index >= 15 is 0 Å². The van der Waals surface area contributed by atoms with Gasteiger partial charge < -0.3 is 16.4 Å². The number of anilines is 4. The first-order chi connectivity index (χ1) is 15.9. The number of para-hydroxylation sites is 1. The van der Waals surface area contributed by atoms with Crippen molar-refractivity contribution in [3.63, 3.8) is 0 Å². The Morgan fingerprint density at radius 3 is 2.42 bits per heavy atom. The second-order valence-electron chi connectivity index (χ2n) is 8.00. The Kier molecular flexibility index (Phi) is 7.33. The summed E-state index contributed by atoms with van der Waals surface area (Å²) < 4.78 is 0. The van der Waals surface area contributed by atoms with Crippen LogP contribution in [0.4, 0.5) is 23.3 Å². The summed E-state index contributed by atoms with van der Waals surface area (Å²) in [6.45, 7) is 6.05. The van der Waals surface area contributed by atoms with Crippen LogP contribution in [0.25, 0.3) is 0 Å². The minimum Gasteiger partial charge on any atom is -0.368 e. The van der Waals surface area contributed by atoms with Gasteiger partial charge in [0.05, 0.1) is 23.8 Å². The Labute approximate surface area is 198 Å². The molecule has 3 aromatic rings. The molecule has 33 heavy (non-hydrogen) atoms. The standard InChI is InChI=1S/C23H27ClN8O/c1-16-6-8-17(9-7-16)26-23-29-20(28-22(25)30-23)14-31-10-12-32(13-11-31)15-21(33)27-19-5-3-2-4-18(19)24/h2-9H,10-15H2,1H3,(H,27,33)(H3,25,26,28,29,30). The summed E-state index contributed by atoms with van der Waals surface area (Å²) in [6, 6.07) is 15.2. The zero-order chi connectivity index (χ0) is 23.2. The van der Waals surface area contributed by atoms with Crippen molar-refractivity contribution in [2.45, 2.75) is 13.5 Å². The third kappa shape index (κ3) is 6.61. The molecule has 1 amide bonds. The van der Waals surface area contributed by atoms with Crippen LogP contribution >= 0.6 is 11.6 Å². The van der Waals surface area contributed by atoms with Gasteiger partial charge in [0.25, 0.3) is 0 Å². The fraction of sp³-hybridized carbons (Fsp3) is 0.304. The first kappa shape index (κ1) is 22.9. The number of halogens is 1. The van der Waals surface area contributed by atoms with Gasteiger partial charge in [0, 0.05) is 31.9 Å². The number of nitrogen functional groups attached to an aromatic ring is 1. The summed E-state index contributed by atoms with van der Waals surface area (Å²) in [5, 5.41) is 6.58. The molecule has 2 heterocycles. The maximum atomic E-state index is 12.4. The molecule has 172 valence electrons. The molecule has 0 radical (unpaired) electrons. The molecular formula is C23H27ClN8O. The molecule has 9 nitrogen and oxygen atoms in total. The van der Waals surface area contributed by atoms with Crippen LogP contribution in [0.5, 0.6) is 0 Å². The van der Waals surface area contributed by atoms with E-state index in [-0.39, 0.29) is 11.9 Å². The summed E-state index contributed by atoms with van der Waals surface area (Å²) >= 11 is 6.12. The number of carbonyl (C=O) groups is 1. The molecule has 0 bridgehead atoms. The van der Waals surface area contributed by atoms with E-state index in [0.29, 0.717) is 35.6 Å². The van der Waals surface area contributed by atoms with Gasteiger partial charge in [0.1, 0.15) is 5.82 Å². The molecule has 1 aliphatic rings. The summed E-state index contributed by atoms with van der Waals surface area (Å²) in [4.78, 5) is 29.7. The Hall–Kier alpha value is -3.27. The molecular weight excluding hydrogens is 440 g/mol. The van der Waals surface area contributed by atoms with Crippen LogP contribution in [0.3, 0.4) is 0 Å². The highest BCUT2D eigenvalue weighted by Crippen LogP contribution is 2.20. The molecule has 0 atom stereocenters. The van der Waals surface area contributed by atoms with Gasteiger partial charge in [0.2, 0.25) is 17.8 Å². The van der Waals surface area contributed by atoms with Crippen LogP contribution in [0.1, 0.15) is 11.4 Å². The number of piperazine rings is 1. The largest absolute Gasteiger partial charge is 0.368 e. The third-order valence-corrected chi connectivity index (χ3v) is 5.68. The lowest BCUT2D eigenvalue weighted by atomic mass is 10.2. The number of nitrogens with zero attached hydrogens (tertiary/aromatic N) is 5. The van der Waals surface area contributed by atoms with Crippen LogP contribution in [-0.4, -0.2) is 63.4 Å². The molecule has 0 saturated carbocycles. The van der Waals surface area contributed by atoms with Crippen LogP contribution in [-0.2, 0) is 11.3 Å². The van der Waals surface area contributed by atoms with Gasteiger partial charge in [0.15, 0.2) is 0 Å². The van der Waals surface area contributed by atoms with Crippen LogP contribution in [0, 0.1) is 6.92 Å². The highest BCUT2D eigenvalue weighted by atomic mass is 35.5. The van der Waals surface area contributed by atoms with E-state index in [2.05, 4.69) is 35.4 Å². The normalized spacial score (nSPS) is 14.7. The van der Waals surface area contributed by atoms with E-state index in [4.69, 9.17) is 17.3 Å². The maximum absolute atomic E-state index is 12.4. The number of hydrogen-bond acceptors (Lipinski definition) is 8. The van der Waals surface area contributed by atoms with E-state index in [9.17, 15) is 4.79 Å². The molecule has 0 spiro atoms. The number of hydrogen-bond donors (Lipinski definition) is 3. The topological polar surface area (TPSA) is 112 Å². The van der Waals surface area contributed by atoms with Crippen molar-refractivity contribution in [1.29, 1.82) is 0 Å². The lowest BCUT2D eigenvalue weighted by Gasteiger charge is -2.33. The van der Waals surface area contributed by atoms with E-state index in [1.807, 2.05) is 43.3 Å². The minimum atomic E-state index is -0.0754. The Morgan fingerprint density at radius 2 is 1.70 bits per heavy atom. The summed E-state index contributed by atoms with van der Waals surface area (Å²) in [5.41, 5.74) is 8.61. The van der Waals surface area contributed by atoms with E-state index in [1.54, 1.807) is 12.1 Å². The fourth-order valence-electron chi connectivity index (χ4n) is 3.59. The van der Waals surface area contributed by atoms with E-state index in [1.165, 1.54) is 5.56 Å². The second kappa shape index (κ2) is 10.6. The van der Waals surface area contributed by atoms with Crippen molar-refractivity contribution >= 4 is 40.8 Å². The molecule has 10 heteroatoms. The van der Waals surface area contributed by atoms with Gasteiger partial charge in [-0.1, -0.05) is 41.4 Å². The molecule has 2 aromatic carbocycles. The molecule has 0 aliphatic carbocycles. The average molecular weight is 467 g/mol. The van der Waals surface area contributed by atoms with Crippen molar-refractivity contribution in [2.24, 2.45) is 0 Å². The molecule has 1 aliphatic heterocycles. The summed E-state index contributed by atoms with van der Waals surface area (Å²) in [5.74, 6) is 1.15. The predicted octanol–water partition coefficient (Wildman–Crippen LogP) is 2.92. The van der Waals surface area contributed by atoms with E-state index < -0.39 is 0 Å². The maximum Gasteiger partial charge on any atom is 0.238 e. The highest BCUT2D eigenvalue weighted by molar-refractivity contribution is 6.33. The first-order valence-corrected chi connectivity index (χ1v) is 11.2. The third-order valence-electron chi connectivity index (χ3n) is 5.35. The summed E-state index contributed by atoms with van der Waals surface area (Å²) in [7, 11) is 0. The van der Waals surface area contributed by atoms with Crippen molar-refractivity contribution in [1.82, 2.24) is 24.8 Å². The highest BCUT2D eigenvalue weighted by Gasteiger charge is 2.20. The Balaban J connectivity index is 1.28. The monoisotopic (exact) mass is 466 g/mol. The predicted molar refractivity (Wildman–Crippen MR) is 130 cm³/mol. The van der Waals surface area contributed by atoms with Gasteiger partial charge in [-0.25, -0.2) is 0 Å². The molecule has 1 fully saturated rings. The molecule has 4 rings (SSSR count). The van der Waals surface area contributed by atoms with Crippen molar-refractivity contribution in [2.75, 3.05) is 49.1 Å². The van der Waals surface area contributed by atoms with Gasteiger partial charge in [-0.15, -0.1) is 0 Å². The van der Waals surface area contributed by atoms with E-state index in [0.717, 1.165) is 31.9 Å².